The quantitative estimate of drug-likeness (QED) is 0.361. The Morgan fingerprint density at radius 1 is 1.11 bits per heavy atom. The Kier molecular flexibility index (Phi) is 9.76. The second-order valence-electron chi connectivity index (χ2n) is 8.54. The van der Waals surface area contributed by atoms with Crippen LogP contribution in [0.25, 0.3) is 0 Å². The Balaban J connectivity index is 1.74. The number of carbonyl (C=O) groups excluding carboxylic acids is 1. The molecule has 1 atom stereocenters. The van der Waals surface area contributed by atoms with E-state index in [-0.39, 0.29) is 30.7 Å². The molecule has 1 heterocycles. The molecule has 1 fully saturated rings. The SMILES string of the molecule is CCCCCCN1/C(=N/c2ccc(OC(F)(F)F)cc2)OCC1c1ccc(C(=O)NCCC(=O)O)cc1. The zero-order valence-electron chi connectivity index (χ0n) is 20.5. The molecule has 2 aromatic rings. The summed E-state index contributed by atoms with van der Waals surface area (Å²) in [6.07, 6.45) is -0.794. The number of ether oxygens (including phenoxy) is 2. The van der Waals surface area contributed by atoms with Crippen molar-refractivity contribution >= 4 is 23.6 Å². The fourth-order valence-electron chi connectivity index (χ4n) is 3.87. The summed E-state index contributed by atoms with van der Waals surface area (Å²) in [5.74, 6) is -1.67. The van der Waals surface area contributed by atoms with Crippen molar-refractivity contribution in [3.8, 4) is 5.75 Å². The number of amides is 1. The number of carbonyl (C=O) groups is 2. The number of unbranched alkanes of at least 4 members (excludes halogenated alkanes) is 3. The smallest absolute Gasteiger partial charge is 0.481 e. The van der Waals surface area contributed by atoms with Gasteiger partial charge in [-0.05, 0) is 48.4 Å². The zero-order valence-corrected chi connectivity index (χ0v) is 20.5. The number of nitrogens with zero attached hydrogens (tertiary/aromatic N) is 2. The summed E-state index contributed by atoms with van der Waals surface area (Å²) >= 11 is 0. The fraction of sp³-hybridized carbons (Fsp3) is 0.423. The van der Waals surface area contributed by atoms with Gasteiger partial charge in [0, 0.05) is 18.7 Å². The lowest BCUT2D eigenvalue weighted by Gasteiger charge is -2.24. The number of aliphatic carboxylic acids is 1. The van der Waals surface area contributed by atoms with E-state index in [0.717, 1.165) is 31.2 Å². The van der Waals surface area contributed by atoms with Crippen molar-refractivity contribution in [1.82, 2.24) is 10.2 Å². The van der Waals surface area contributed by atoms with Crippen LogP contribution in [-0.2, 0) is 9.53 Å². The topological polar surface area (TPSA) is 100 Å². The summed E-state index contributed by atoms with van der Waals surface area (Å²) < 4.78 is 47.1. The van der Waals surface area contributed by atoms with Crippen LogP contribution >= 0.6 is 0 Å². The Labute approximate surface area is 213 Å². The number of nitrogens with one attached hydrogen (secondary N) is 1. The van der Waals surface area contributed by atoms with Gasteiger partial charge < -0.3 is 24.8 Å². The normalized spacial score (nSPS) is 16.5. The fourth-order valence-corrected chi connectivity index (χ4v) is 3.87. The largest absolute Gasteiger partial charge is 0.573 e. The molecule has 200 valence electrons. The first-order chi connectivity index (χ1) is 17.7. The molecule has 0 spiro atoms. The number of rotatable bonds is 12. The van der Waals surface area contributed by atoms with E-state index in [1.165, 1.54) is 24.3 Å². The third-order valence-corrected chi connectivity index (χ3v) is 5.72. The van der Waals surface area contributed by atoms with Gasteiger partial charge >= 0.3 is 12.3 Å². The molecular weight excluding hydrogens is 491 g/mol. The average molecular weight is 522 g/mol. The van der Waals surface area contributed by atoms with Crippen molar-refractivity contribution in [3.05, 3.63) is 59.7 Å². The van der Waals surface area contributed by atoms with Crippen LogP contribution in [0.4, 0.5) is 18.9 Å². The molecule has 1 aliphatic rings. The molecule has 11 heteroatoms. The highest BCUT2D eigenvalue weighted by atomic mass is 19.4. The van der Waals surface area contributed by atoms with Gasteiger partial charge in [-0.1, -0.05) is 38.3 Å². The van der Waals surface area contributed by atoms with Gasteiger partial charge in [0.05, 0.1) is 18.2 Å². The summed E-state index contributed by atoms with van der Waals surface area (Å²) in [6, 6.07) is 12.5. The summed E-state index contributed by atoms with van der Waals surface area (Å²) in [4.78, 5) is 29.4. The van der Waals surface area contributed by atoms with Crippen LogP contribution in [0.5, 0.6) is 5.75 Å². The maximum absolute atomic E-state index is 12.4. The van der Waals surface area contributed by atoms with E-state index in [4.69, 9.17) is 9.84 Å². The average Bonchev–Trinajstić information content (AvgIpc) is 3.24. The summed E-state index contributed by atoms with van der Waals surface area (Å²) in [5.41, 5.74) is 1.76. The van der Waals surface area contributed by atoms with E-state index in [9.17, 15) is 22.8 Å². The third-order valence-electron chi connectivity index (χ3n) is 5.72. The van der Waals surface area contributed by atoms with Gasteiger partial charge in [0.25, 0.3) is 11.9 Å². The lowest BCUT2D eigenvalue weighted by atomic mass is 10.0. The van der Waals surface area contributed by atoms with Crippen LogP contribution in [-0.4, -0.2) is 54.0 Å². The number of benzene rings is 2. The van der Waals surface area contributed by atoms with Crippen molar-refractivity contribution < 1.29 is 37.3 Å². The van der Waals surface area contributed by atoms with Crippen molar-refractivity contribution in [2.75, 3.05) is 19.7 Å². The van der Waals surface area contributed by atoms with Gasteiger partial charge in [-0.15, -0.1) is 13.2 Å². The number of carboxylic acid groups (broad SMARTS) is 1. The predicted octanol–water partition coefficient (Wildman–Crippen LogP) is 5.43. The van der Waals surface area contributed by atoms with E-state index < -0.39 is 12.3 Å². The molecule has 1 saturated heterocycles. The molecule has 0 aliphatic carbocycles. The second kappa shape index (κ2) is 13.0. The molecule has 1 unspecified atom stereocenters. The minimum Gasteiger partial charge on any atom is -0.481 e. The third kappa shape index (κ3) is 8.69. The maximum atomic E-state index is 12.4. The lowest BCUT2D eigenvalue weighted by molar-refractivity contribution is -0.274. The Bertz CT molecular complexity index is 1070. The minimum absolute atomic E-state index is 0.0427. The van der Waals surface area contributed by atoms with Crippen LogP contribution < -0.4 is 10.1 Å². The molecule has 37 heavy (non-hydrogen) atoms. The monoisotopic (exact) mass is 521 g/mol. The van der Waals surface area contributed by atoms with Crippen molar-refractivity contribution in [2.45, 2.75) is 51.4 Å². The molecule has 0 radical (unpaired) electrons. The van der Waals surface area contributed by atoms with Crippen LogP contribution in [0.2, 0.25) is 0 Å². The first-order valence-corrected chi connectivity index (χ1v) is 12.1. The first kappa shape index (κ1) is 27.8. The molecule has 0 saturated carbocycles. The molecule has 0 bridgehead atoms. The van der Waals surface area contributed by atoms with Gasteiger partial charge in [0.1, 0.15) is 12.4 Å². The number of aliphatic imine (C=N–C) groups is 1. The Morgan fingerprint density at radius 3 is 2.43 bits per heavy atom. The number of amidine groups is 1. The summed E-state index contributed by atoms with van der Waals surface area (Å²) in [7, 11) is 0. The standard InChI is InChI=1S/C26H30F3N3O5/c1-2-3-4-5-16-32-22(18-6-8-19(9-7-18)24(35)30-15-14-23(33)34)17-36-25(32)31-20-10-12-21(13-11-20)37-26(27,28)29/h6-13,22H,2-5,14-17H2,1H3,(H,30,35)(H,33,34)/b31-25-. The number of hydrogen-bond acceptors (Lipinski definition) is 5. The lowest BCUT2D eigenvalue weighted by Crippen LogP contribution is -2.30. The van der Waals surface area contributed by atoms with Gasteiger partial charge in [0.2, 0.25) is 0 Å². The summed E-state index contributed by atoms with van der Waals surface area (Å²) in [6.45, 7) is 3.17. The van der Waals surface area contributed by atoms with Gasteiger partial charge in [0.15, 0.2) is 0 Å². The van der Waals surface area contributed by atoms with Crippen LogP contribution in [0, 0.1) is 0 Å². The van der Waals surface area contributed by atoms with Crippen molar-refractivity contribution in [2.24, 2.45) is 4.99 Å². The van der Waals surface area contributed by atoms with E-state index in [2.05, 4.69) is 22.0 Å². The molecule has 8 nitrogen and oxygen atoms in total. The van der Waals surface area contributed by atoms with E-state index in [0.29, 0.717) is 30.4 Å². The second-order valence-corrected chi connectivity index (χ2v) is 8.54. The van der Waals surface area contributed by atoms with Gasteiger partial charge in [-0.3, -0.25) is 9.59 Å². The highest BCUT2D eigenvalue weighted by Gasteiger charge is 2.33. The Hall–Kier alpha value is -3.76. The van der Waals surface area contributed by atoms with Gasteiger partial charge in [-0.2, -0.15) is 4.99 Å². The number of hydrogen-bond donors (Lipinski definition) is 2. The number of carboxylic acids is 1. The molecule has 1 aliphatic heterocycles. The number of halogens is 3. The molecule has 1 amide bonds. The first-order valence-electron chi connectivity index (χ1n) is 12.1. The predicted molar refractivity (Wildman–Crippen MR) is 131 cm³/mol. The van der Waals surface area contributed by atoms with Crippen molar-refractivity contribution in [3.63, 3.8) is 0 Å². The molecule has 0 aromatic heterocycles. The highest BCUT2D eigenvalue weighted by molar-refractivity contribution is 5.94. The van der Waals surface area contributed by atoms with Crippen LogP contribution in [0.1, 0.15) is 61.0 Å². The number of alkyl halides is 3. The zero-order chi connectivity index (χ0) is 26.8. The van der Waals surface area contributed by atoms with E-state index in [1.807, 2.05) is 17.0 Å². The van der Waals surface area contributed by atoms with Crippen LogP contribution in [0.15, 0.2) is 53.5 Å². The van der Waals surface area contributed by atoms with Crippen molar-refractivity contribution in [1.29, 1.82) is 0 Å². The van der Waals surface area contributed by atoms with Gasteiger partial charge in [-0.25, -0.2) is 0 Å². The molecular formula is C26H30F3N3O5. The Morgan fingerprint density at radius 2 is 1.81 bits per heavy atom. The summed E-state index contributed by atoms with van der Waals surface area (Å²) in [5, 5.41) is 11.3. The van der Waals surface area contributed by atoms with Crippen LogP contribution in [0.3, 0.4) is 0 Å². The molecule has 2 N–H and O–H groups in total. The maximum Gasteiger partial charge on any atom is 0.573 e. The molecule has 3 rings (SSSR count). The van der Waals surface area contributed by atoms with E-state index >= 15 is 0 Å². The van der Waals surface area contributed by atoms with E-state index in [1.54, 1.807) is 12.1 Å². The minimum atomic E-state index is -4.76. The molecule has 2 aromatic carbocycles. The highest BCUT2D eigenvalue weighted by Crippen LogP contribution is 2.31.